The summed E-state index contributed by atoms with van der Waals surface area (Å²) in [6.07, 6.45) is 0. The molecule has 2 rings (SSSR count). The van der Waals surface area contributed by atoms with Gasteiger partial charge in [0.15, 0.2) is 0 Å². The molecule has 0 spiro atoms. The molecule has 0 saturated heterocycles. The van der Waals surface area contributed by atoms with Gasteiger partial charge in [0.05, 0.1) is 12.7 Å². The molecule has 2 aromatic rings. The van der Waals surface area contributed by atoms with Gasteiger partial charge in [-0.3, -0.25) is 0 Å². The summed E-state index contributed by atoms with van der Waals surface area (Å²) in [6.45, 7) is 2.01. The molecule has 3 heteroatoms. The average molecular weight is 242 g/mol. The molecule has 0 fully saturated rings. The predicted octanol–water partition coefficient (Wildman–Crippen LogP) is 3.37. The fourth-order valence-corrected chi connectivity index (χ4v) is 1.84. The Balaban J connectivity index is 2.48. The van der Waals surface area contributed by atoms with Crippen LogP contribution < -0.4 is 4.74 Å². The lowest BCUT2D eigenvalue weighted by molar-refractivity contribution is 0.0697. The van der Waals surface area contributed by atoms with Crippen LogP contribution >= 0.6 is 0 Å². The van der Waals surface area contributed by atoms with E-state index in [1.165, 1.54) is 0 Å². The van der Waals surface area contributed by atoms with Crippen molar-refractivity contribution in [1.29, 1.82) is 0 Å². The summed E-state index contributed by atoms with van der Waals surface area (Å²) >= 11 is 0. The number of hydrogen-bond donors (Lipinski definition) is 1. The van der Waals surface area contributed by atoms with Gasteiger partial charge in [-0.2, -0.15) is 0 Å². The van der Waals surface area contributed by atoms with E-state index >= 15 is 0 Å². The molecule has 1 N–H and O–H groups in total. The molecule has 0 amide bonds. The first-order valence-corrected chi connectivity index (χ1v) is 5.60. The molecule has 0 saturated carbocycles. The SMILES string of the molecule is COc1ccc(C)cc1-c1ccc(C(=O)O)cc1. The third kappa shape index (κ3) is 2.35. The number of carboxylic acid groups (broad SMARTS) is 1. The Hall–Kier alpha value is -2.29. The van der Waals surface area contributed by atoms with Gasteiger partial charge in [-0.25, -0.2) is 4.79 Å². The summed E-state index contributed by atoms with van der Waals surface area (Å²) in [5, 5.41) is 8.87. The molecule has 0 aliphatic heterocycles. The third-order valence-corrected chi connectivity index (χ3v) is 2.80. The van der Waals surface area contributed by atoms with E-state index in [2.05, 4.69) is 0 Å². The van der Waals surface area contributed by atoms with Gasteiger partial charge in [0.25, 0.3) is 0 Å². The summed E-state index contributed by atoms with van der Waals surface area (Å²) in [4.78, 5) is 10.8. The lowest BCUT2D eigenvalue weighted by atomic mass is 10.0. The van der Waals surface area contributed by atoms with Crippen LogP contribution in [0.1, 0.15) is 15.9 Å². The van der Waals surface area contributed by atoms with Gasteiger partial charge in [0.1, 0.15) is 5.75 Å². The molecule has 0 aliphatic rings. The van der Waals surface area contributed by atoms with E-state index in [1.54, 1.807) is 31.4 Å². The number of hydrogen-bond acceptors (Lipinski definition) is 2. The van der Waals surface area contributed by atoms with Crippen LogP contribution in [0.2, 0.25) is 0 Å². The molecule has 2 aromatic carbocycles. The number of carboxylic acids is 1. The molecule has 0 unspecified atom stereocenters. The number of methoxy groups -OCH3 is 1. The van der Waals surface area contributed by atoms with Crippen LogP contribution in [0.15, 0.2) is 42.5 Å². The molecule has 18 heavy (non-hydrogen) atoms. The van der Waals surface area contributed by atoms with Crippen molar-refractivity contribution in [2.24, 2.45) is 0 Å². The second kappa shape index (κ2) is 4.92. The van der Waals surface area contributed by atoms with E-state index in [1.807, 2.05) is 25.1 Å². The van der Waals surface area contributed by atoms with E-state index in [0.717, 1.165) is 22.4 Å². The Morgan fingerprint density at radius 2 is 1.78 bits per heavy atom. The van der Waals surface area contributed by atoms with E-state index < -0.39 is 5.97 Å². The second-order valence-corrected chi connectivity index (χ2v) is 4.09. The van der Waals surface area contributed by atoms with Crippen LogP contribution in [0.3, 0.4) is 0 Å². The molecule has 0 aliphatic carbocycles. The van der Waals surface area contributed by atoms with Crippen LogP contribution in [-0.2, 0) is 0 Å². The third-order valence-electron chi connectivity index (χ3n) is 2.80. The highest BCUT2D eigenvalue weighted by Crippen LogP contribution is 2.30. The molecule has 0 atom stereocenters. The zero-order valence-electron chi connectivity index (χ0n) is 10.3. The fourth-order valence-electron chi connectivity index (χ4n) is 1.84. The van der Waals surface area contributed by atoms with Crippen LogP contribution in [0, 0.1) is 6.92 Å². The number of aryl methyl sites for hydroxylation is 1. The van der Waals surface area contributed by atoms with Crippen molar-refractivity contribution in [2.45, 2.75) is 6.92 Å². The van der Waals surface area contributed by atoms with Crippen molar-refractivity contribution in [3.63, 3.8) is 0 Å². The van der Waals surface area contributed by atoms with Gasteiger partial charge in [-0.15, -0.1) is 0 Å². The minimum Gasteiger partial charge on any atom is -0.496 e. The minimum absolute atomic E-state index is 0.283. The van der Waals surface area contributed by atoms with Crippen LogP contribution in [-0.4, -0.2) is 18.2 Å². The first-order chi connectivity index (χ1) is 8.61. The fraction of sp³-hybridized carbons (Fsp3) is 0.133. The first kappa shape index (κ1) is 12.2. The van der Waals surface area contributed by atoms with Crippen molar-refractivity contribution >= 4 is 5.97 Å². The molecule has 0 bridgehead atoms. The maximum absolute atomic E-state index is 10.8. The molecular formula is C15H14O3. The summed E-state index contributed by atoms with van der Waals surface area (Å²) in [6, 6.07) is 12.7. The zero-order chi connectivity index (χ0) is 13.1. The summed E-state index contributed by atoms with van der Waals surface area (Å²) < 4.78 is 5.32. The Morgan fingerprint density at radius 3 is 2.33 bits per heavy atom. The summed E-state index contributed by atoms with van der Waals surface area (Å²) in [7, 11) is 1.62. The predicted molar refractivity (Wildman–Crippen MR) is 70.1 cm³/mol. The molecule has 0 radical (unpaired) electrons. The van der Waals surface area contributed by atoms with Crippen molar-refractivity contribution in [3.05, 3.63) is 53.6 Å². The largest absolute Gasteiger partial charge is 0.496 e. The molecule has 0 aromatic heterocycles. The first-order valence-electron chi connectivity index (χ1n) is 5.60. The monoisotopic (exact) mass is 242 g/mol. The van der Waals surface area contributed by atoms with Crippen LogP contribution in [0.5, 0.6) is 5.75 Å². The van der Waals surface area contributed by atoms with Crippen LogP contribution in [0.25, 0.3) is 11.1 Å². The smallest absolute Gasteiger partial charge is 0.335 e. The van der Waals surface area contributed by atoms with Crippen molar-refractivity contribution in [3.8, 4) is 16.9 Å². The lowest BCUT2D eigenvalue weighted by Gasteiger charge is -2.09. The summed E-state index contributed by atoms with van der Waals surface area (Å²) in [5.74, 6) is -0.138. The summed E-state index contributed by atoms with van der Waals surface area (Å²) in [5.41, 5.74) is 3.33. The van der Waals surface area contributed by atoms with E-state index in [4.69, 9.17) is 9.84 Å². The Labute approximate surface area is 106 Å². The van der Waals surface area contributed by atoms with E-state index in [9.17, 15) is 4.79 Å². The Bertz CT molecular complexity index is 571. The van der Waals surface area contributed by atoms with Crippen molar-refractivity contribution < 1.29 is 14.6 Å². The van der Waals surface area contributed by atoms with E-state index in [-0.39, 0.29) is 5.56 Å². The highest BCUT2D eigenvalue weighted by Gasteiger charge is 2.07. The highest BCUT2D eigenvalue weighted by atomic mass is 16.5. The maximum Gasteiger partial charge on any atom is 0.335 e. The number of aromatic carboxylic acids is 1. The number of carbonyl (C=O) groups is 1. The number of rotatable bonds is 3. The zero-order valence-corrected chi connectivity index (χ0v) is 10.3. The van der Waals surface area contributed by atoms with Gasteiger partial charge >= 0.3 is 5.97 Å². The van der Waals surface area contributed by atoms with Gasteiger partial charge in [-0.1, -0.05) is 23.8 Å². The Morgan fingerprint density at radius 1 is 1.11 bits per heavy atom. The highest BCUT2D eigenvalue weighted by molar-refractivity contribution is 5.88. The minimum atomic E-state index is -0.919. The second-order valence-electron chi connectivity index (χ2n) is 4.09. The van der Waals surface area contributed by atoms with Gasteiger partial charge in [-0.05, 0) is 36.8 Å². The van der Waals surface area contributed by atoms with Gasteiger partial charge < -0.3 is 9.84 Å². The topological polar surface area (TPSA) is 46.5 Å². The quantitative estimate of drug-likeness (QED) is 0.897. The molecular weight excluding hydrogens is 228 g/mol. The van der Waals surface area contributed by atoms with Crippen LogP contribution in [0.4, 0.5) is 0 Å². The van der Waals surface area contributed by atoms with Crippen molar-refractivity contribution in [2.75, 3.05) is 7.11 Å². The van der Waals surface area contributed by atoms with Gasteiger partial charge in [0.2, 0.25) is 0 Å². The van der Waals surface area contributed by atoms with E-state index in [0.29, 0.717) is 0 Å². The standard InChI is InChI=1S/C15H14O3/c1-10-3-8-14(18-2)13(9-10)11-4-6-12(7-5-11)15(16)17/h3-9H,1-2H3,(H,16,17). The number of benzene rings is 2. The Kier molecular flexibility index (Phi) is 3.33. The number of ether oxygens (including phenoxy) is 1. The maximum atomic E-state index is 10.8. The molecule has 3 nitrogen and oxygen atoms in total. The molecule has 0 heterocycles. The normalized spacial score (nSPS) is 10.1. The van der Waals surface area contributed by atoms with Crippen molar-refractivity contribution in [1.82, 2.24) is 0 Å². The molecule has 92 valence electrons. The lowest BCUT2D eigenvalue weighted by Crippen LogP contribution is -1.95. The van der Waals surface area contributed by atoms with Gasteiger partial charge in [0, 0.05) is 5.56 Å². The average Bonchev–Trinajstić information content (AvgIpc) is 2.39.